The van der Waals surface area contributed by atoms with Crippen LogP contribution in [0.5, 0.6) is 0 Å². The molecule has 0 aliphatic carbocycles. The van der Waals surface area contributed by atoms with Crippen molar-refractivity contribution >= 4 is 24.5 Å². The molecule has 0 fully saturated rings. The summed E-state index contributed by atoms with van der Waals surface area (Å²) in [7, 11) is 0. The molecule has 0 aliphatic rings. The van der Waals surface area contributed by atoms with E-state index < -0.39 is 12.0 Å². The van der Waals surface area contributed by atoms with Crippen molar-refractivity contribution in [1.29, 1.82) is 0 Å². The zero-order valence-corrected chi connectivity index (χ0v) is 17.4. The lowest BCUT2D eigenvalue weighted by Crippen LogP contribution is -2.50. The fourth-order valence-electron chi connectivity index (χ4n) is 3.03. The van der Waals surface area contributed by atoms with E-state index in [1.165, 1.54) is 70.6 Å². The maximum Gasteiger partial charge on any atom is 0.220 e. The van der Waals surface area contributed by atoms with Crippen LogP contribution < -0.4 is 16.2 Å². The van der Waals surface area contributed by atoms with Gasteiger partial charge < -0.3 is 21.0 Å². The molecule has 5 nitrogen and oxygen atoms in total. The molecule has 0 saturated heterocycles. The molecule has 0 aromatic carbocycles. The summed E-state index contributed by atoms with van der Waals surface area (Å²) in [4.78, 5) is 22.3. The molecule has 4 N–H and O–H groups in total. The Morgan fingerprint density at radius 3 is 1.50 bits per heavy atom. The number of aliphatic carboxylic acids is 1. The van der Waals surface area contributed by atoms with Crippen molar-refractivity contribution in [2.45, 2.75) is 102 Å². The minimum absolute atomic E-state index is 0.0602. The highest BCUT2D eigenvalue weighted by Crippen LogP contribution is 2.13. The first-order valence-corrected chi connectivity index (χ1v) is 11.2. The number of unbranched alkanes of at least 4 members (excludes halogenated alkanes) is 13. The average Bonchev–Trinajstić information content (AvgIpc) is 2.62. The van der Waals surface area contributed by atoms with Crippen LogP contribution in [0.4, 0.5) is 0 Å². The van der Waals surface area contributed by atoms with E-state index in [4.69, 9.17) is 0 Å². The van der Waals surface area contributed by atoms with Gasteiger partial charge in [0.25, 0.3) is 0 Å². The molecule has 0 aliphatic heterocycles. The average molecular weight is 389 g/mol. The summed E-state index contributed by atoms with van der Waals surface area (Å²) < 4.78 is 0. The lowest BCUT2D eigenvalue weighted by molar-refractivity contribution is -0.368. The summed E-state index contributed by atoms with van der Waals surface area (Å²) in [6.45, 7) is 1.08. The third kappa shape index (κ3) is 16.7. The second-order valence-electron chi connectivity index (χ2n) is 7.18. The van der Waals surface area contributed by atoms with E-state index in [1.807, 2.05) is 0 Å². The van der Waals surface area contributed by atoms with Gasteiger partial charge >= 0.3 is 0 Å². The van der Waals surface area contributed by atoms with Crippen molar-refractivity contribution in [2.24, 2.45) is 0 Å². The zero-order valence-electron chi connectivity index (χ0n) is 16.5. The maximum atomic E-state index is 11.6. The van der Waals surface area contributed by atoms with Gasteiger partial charge in [-0.1, -0.05) is 70.6 Å². The minimum atomic E-state index is -1.28. The van der Waals surface area contributed by atoms with Gasteiger partial charge in [-0.15, -0.1) is 0 Å². The van der Waals surface area contributed by atoms with Gasteiger partial charge in [-0.3, -0.25) is 4.79 Å². The number of rotatable bonds is 19. The first-order valence-electron chi connectivity index (χ1n) is 10.5. The van der Waals surface area contributed by atoms with E-state index in [-0.39, 0.29) is 11.7 Å². The van der Waals surface area contributed by atoms with Gasteiger partial charge in [0, 0.05) is 12.2 Å². The number of thiol groups is 1. The molecule has 0 rings (SSSR count). The molecule has 1 amide bonds. The summed E-state index contributed by atoms with van der Waals surface area (Å²) in [5.74, 6) is -1.44. The van der Waals surface area contributed by atoms with E-state index >= 15 is 0 Å². The van der Waals surface area contributed by atoms with Crippen molar-refractivity contribution in [3.05, 3.63) is 0 Å². The second-order valence-corrected chi connectivity index (χ2v) is 7.54. The highest BCUT2D eigenvalue weighted by Gasteiger charge is 2.10. The van der Waals surface area contributed by atoms with Crippen LogP contribution in [-0.4, -0.2) is 30.2 Å². The van der Waals surface area contributed by atoms with Crippen molar-refractivity contribution < 1.29 is 20.4 Å². The number of nitrogens with one attached hydrogen (secondary N) is 1. The Morgan fingerprint density at radius 2 is 1.15 bits per heavy atom. The lowest BCUT2D eigenvalue weighted by atomic mass is 10.0. The molecule has 0 aromatic heterocycles. The molecule has 0 bridgehead atoms. The first kappa shape index (κ1) is 25.2. The number of carboxylic acid groups (broad SMARTS) is 1. The molecule has 0 heterocycles. The van der Waals surface area contributed by atoms with Crippen LogP contribution >= 0.6 is 12.6 Å². The Kier molecular flexibility index (Phi) is 18.5. The fourth-order valence-corrected chi connectivity index (χ4v) is 3.27. The standard InChI is InChI=1S/C20H40N2O3S/c21-16-14-12-10-8-6-4-2-1-3-5-7-9-11-13-15-19(23)22-18(17-26)20(24)25/h18,26H,1-17,21H2,(H,22,23)(H,24,25). The van der Waals surface area contributed by atoms with Crippen LogP contribution in [0, 0.1) is 0 Å². The Hall–Kier alpha value is -0.750. The van der Waals surface area contributed by atoms with Gasteiger partial charge in [0.2, 0.25) is 5.91 Å². The molecule has 1 atom stereocenters. The summed E-state index contributed by atoms with van der Waals surface area (Å²) in [5.41, 5.74) is 3.87. The highest BCUT2D eigenvalue weighted by molar-refractivity contribution is 7.80. The second kappa shape index (κ2) is 19.0. The molecular weight excluding hydrogens is 348 g/mol. The van der Waals surface area contributed by atoms with Crippen molar-refractivity contribution in [1.82, 2.24) is 5.32 Å². The van der Waals surface area contributed by atoms with Gasteiger partial charge in [-0.25, -0.2) is 0 Å². The Balaban J connectivity index is 3.26. The summed E-state index contributed by atoms with van der Waals surface area (Å²) in [6, 6.07) is -0.987. The van der Waals surface area contributed by atoms with E-state index in [1.54, 1.807) is 0 Å². The van der Waals surface area contributed by atoms with Crippen LogP contribution in [0.1, 0.15) is 96.3 Å². The number of hydrogen-bond acceptors (Lipinski definition) is 4. The van der Waals surface area contributed by atoms with Crippen molar-refractivity contribution in [3.8, 4) is 0 Å². The van der Waals surface area contributed by atoms with Gasteiger partial charge in [-0.05, 0) is 19.3 Å². The quantitative estimate of drug-likeness (QED) is 0.234. The van der Waals surface area contributed by atoms with Gasteiger partial charge in [0.1, 0.15) is 0 Å². The summed E-state index contributed by atoms with van der Waals surface area (Å²) >= 11 is 3.89. The third-order valence-corrected chi connectivity index (χ3v) is 5.07. The Morgan fingerprint density at radius 1 is 0.769 bits per heavy atom. The van der Waals surface area contributed by atoms with Crippen LogP contribution in [0.2, 0.25) is 0 Å². The van der Waals surface area contributed by atoms with Crippen LogP contribution in [-0.2, 0) is 9.59 Å². The molecule has 1 unspecified atom stereocenters. The largest absolute Gasteiger partial charge is 0.548 e. The van der Waals surface area contributed by atoms with Crippen molar-refractivity contribution in [2.75, 3.05) is 12.3 Å². The zero-order chi connectivity index (χ0) is 19.5. The van der Waals surface area contributed by atoms with Gasteiger partial charge in [0.05, 0.1) is 18.6 Å². The Bertz CT molecular complexity index is 354. The predicted octanol–water partition coefficient (Wildman–Crippen LogP) is 2.24. The number of quaternary nitrogens is 1. The van der Waals surface area contributed by atoms with E-state index in [0.29, 0.717) is 6.42 Å². The lowest BCUT2D eigenvalue weighted by Gasteiger charge is -2.17. The van der Waals surface area contributed by atoms with Gasteiger partial charge in [-0.2, -0.15) is 12.6 Å². The number of hydrogen-bond donors (Lipinski definition) is 3. The first-order chi connectivity index (χ1) is 12.6. The fraction of sp³-hybridized carbons (Fsp3) is 0.900. The van der Waals surface area contributed by atoms with E-state index in [9.17, 15) is 14.7 Å². The summed E-state index contributed by atoms with van der Waals surface area (Å²) in [5, 5.41) is 13.1. The molecule has 26 heavy (non-hydrogen) atoms. The Labute approximate surface area is 165 Å². The van der Waals surface area contributed by atoms with Crippen LogP contribution in [0.25, 0.3) is 0 Å². The topological polar surface area (TPSA) is 96.9 Å². The molecule has 0 saturated carbocycles. The molecule has 6 heteroatoms. The predicted molar refractivity (Wildman–Crippen MR) is 108 cm³/mol. The number of carbonyl (C=O) groups is 2. The normalized spacial score (nSPS) is 12.1. The number of amides is 1. The molecule has 0 radical (unpaired) electrons. The summed E-state index contributed by atoms with van der Waals surface area (Å²) in [6.07, 6.45) is 18.0. The van der Waals surface area contributed by atoms with Gasteiger partial charge in [0.15, 0.2) is 0 Å². The van der Waals surface area contributed by atoms with Crippen LogP contribution in [0.15, 0.2) is 0 Å². The van der Waals surface area contributed by atoms with Crippen molar-refractivity contribution in [3.63, 3.8) is 0 Å². The third-order valence-electron chi connectivity index (χ3n) is 4.71. The SMILES string of the molecule is [NH3+]CCCCCCCCCCCCCCCCC(=O)NC(CS)C(=O)[O-]. The molecule has 0 spiro atoms. The molecule has 0 aromatic rings. The molecular formula is C20H40N2O3S. The van der Waals surface area contributed by atoms with E-state index in [0.717, 1.165) is 25.8 Å². The maximum absolute atomic E-state index is 11.6. The number of carboxylic acids is 1. The molecule has 154 valence electrons. The van der Waals surface area contributed by atoms with Crippen LogP contribution in [0.3, 0.4) is 0 Å². The smallest absolute Gasteiger partial charge is 0.220 e. The monoisotopic (exact) mass is 388 g/mol. The number of carbonyl (C=O) groups excluding carboxylic acids is 2. The van der Waals surface area contributed by atoms with E-state index in [2.05, 4.69) is 23.7 Å². The minimum Gasteiger partial charge on any atom is -0.548 e. The highest BCUT2D eigenvalue weighted by atomic mass is 32.1.